The lowest BCUT2D eigenvalue weighted by Crippen LogP contribution is -2.35. The van der Waals surface area contributed by atoms with E-state index < -0.39 is 0 Å². The maximum Gasteiger partial charge on any atom is 0.124 e. The minimum absolute atomic E-state index is 0.562. The molecule has 2 aromatic heterocycles. The monoisotopic (exact) mass is 322 g/mol. The zero-order chi connectivity index (χ0) is 16.2. The molecule has 124 valence electrons. The van der Waals surface area contributed by atoms with Crippen LogP contribution in [0.3, 0.4) is 0 Å². The second-order valence-electron chi connectivity index (χ2n) is 6.33. The van der Waals surface area contributed by atoms with Crippen LogP contribution in [0.2, 0.25) is 0 Å². The fourth-order valence-electron chi connectivity index (χ4n) is 3.17. The van der Waals surface area contributed by atoms with Gasteiger partial charge in [-0.2, -0.15) is 5.10 Å². The summed E-state index contributed by atoms with van der Waals surface area (Å²) in [6.07, 6.45) is 7.51. The number of nitrogens with zero attached hydrogens (tertiary/aromatic N) is 4. The summed E-state index contributed by atoms with van der Waals surface area (Å²) in [7, 11) is 0. The minimum Gasteiger partial charge on any atom is -0.370 e. The first-order valence-electron chi connectivity index (χ1n) is 8.37. The van der Waals surface area contributed by atoms with Crippen molar-refractivity contribution in [3.05, 3.63) is 66.4 Å². The molecule has 0 saturated carbocycles. The van der Waals surface area contributed by atoms with Crippen LogP contribution in [0.25, 0.3) is 0 Å². The van der Waals surface area contributed by atoms with E-state index in [1.807, 2.05) is 35.7 Å². The Morgan fingerprint density at radius 1 is 1.21 bits per heavy atom. The third-order valence-corrected chi connectivity index (χ3v) is 4.40. The Hall–Kier alpha value is -2.60. The van der Waals surface area contributed by atoms with E-state index in [-0.39, 0.29) is 0 Å². The predicted molar refractivity (Wildman–Crippen MR) is 93.7 cm³/mol. The van der Waals surface area contributed by atoms with Gasteiger partial charge in [0.2, 0.25) is 0 Å². The van der Waals surface area contributed by atoms with E-state index in [0.29, 0.717) is 5.92 Å². The van der Waals surface area contributed by atoms with Crippen molar-refractivity contribution in [1.29, 1.82) is 0 Å². The van der Waals surface area contributed by atoms with Gasteiger partial charge in [-0.05, 0) is 11.1 Å². The maximum atomic E-state index is 4.34. The van der Waals surface area contributed by atoms with E-state index in [2.05, 4.69) is 49.5 Å². The molecule has 1 unspecified atom stereocenters. The van der Waals surface area contributed by atoms with E-state index in [1.54, 1.807) is 0 Å². The second-order valence-corrected chi connectivity index (χ2v) is 6.33. The van der Waals surface area contributed by atoms with Crippen LogP contribution in [0.1, 0.15) is 11.1 Å². The lowest BCUT2D eigenvalue weighted by atomic mass is 10.1. The number of rotatable bonds is 6. The second kappa shape index (κ2) is 6.88. The first-order valence-corrected chi connectivity index (χ1v) is 8.37. The third-order valence-electron chi connectivity index (χ3n) is 4.40. The summed E-state index contributed by atoms with van der Waals surface area (Å²) < 4.78 is 4.13. The fourth-order valence-corrected chi connectivity index (χ4v) is 3.17. The molecule has 1 atom stereocenters. The van der Waals surface area contributed by atoms with Crippen molar-refractivity contribution in [1.82, 2.24) is 24.6 Å². The van der Waals surface area contributed by atoms with Gasteiger partial charge in [-0.25, -0.2) is 9.67 Å². The summed E-state index contributed by atoms with van der Waals surface area (Å²) in [6.45, 7) is 4.71. The quantitative estimate of drug-likeness (QED) is 0.728. The van der Waals surface area contributed by atoms with Gasteiger partial charge in [0.25, 0.3) is 0 Å². The summed E-state index contributed by atoms with van der Waals surface area (Å²) in [5.41, 5.74) is 2.61. The first kappa shape index (κ1) is 15.0. The number of anilines is 1. The number of fused-ring (bicyclic) bond motifs is 1. The zero-order valence-corrected chi connectivity index (χ0v) is 13.6. The maximum absolute atomic E-state index is 4.34. The molecule has 6 heteroatoms. The first-order chi connectivity index (χ1) is 11.9. The van der Waals surface area contributed by atoms with Crippen molar-refractivity contribution in [2.75, 3.05) is 18.4 Å². The van der Waals surface area contributed by atoms with Crippen LogP contribution in [-0.2, 0) is 19.6 Å². The smallest absolute Gasteiger partial charge is 0.124 e. The van der Waals surface area contributed by atoms with Gasteiger partial charge in [-0.3, -0.25) is 0 Å². The van der Waals surface area contributed by atoms with E-state index in [9.17, 15) is 0 Å². The van der Waals surface area contributed by atoms with Gasteiger partial charge < -0.3 is 15.2 Å². The van der Waals surface area contributed by atoms with Crippen molar-refractivity contribution in [3.63, 3.8) is 0 Å². The topological polar surface area (TPSA) is 59.7 Å². The zero-order valence-electron chi connectivity index (χ0n) is 13.6. The third kappa shape index (κ3) is 3.49. The van der Waals surface area contributed by atoms with Crippen LogP contribution < -0.4 is 10.6 Å². The van der Waals surface area contributed by atoms with E-state index >= 15 is 0 Å². The van der Waals surface area contributed by atoms with Crippen LogP contribution in [0.15, 0.2) is 55.2 Å². The van der Waals surface area contributed by atoms with Gasteiger partial charge >= 0.3 is 0 Å². The average Bonchev–Trinajstić information content (AvgIpc) is 3.26. The van der Waals surface area contributed by atoms with Gasteiger partial charge in [-0.15, -0.1) is 0 Å². The summed E-state index contributed by atoms with van der Waals surface area (Å²) in [4.78, 5) is 4.09. The molecule has 24 heavy (non-hydrogen) atoms. The standard InChI is InChI=1S/C18H22N6/c1-2-15(8-16(3-1)12-23-7-6-19-14-23)9-20-10-17-11-21-18-4-5-22-24(18)13-17/h1-8,14,17,20-21H,9-13H2. The highest BCUT2D eigenvalue weighted by Gasteiger charge is 2.17. The number of imidazole rings is 1. The van der Waals surface area contributed by atoms with Crippen molar-refractivity contribution in [2.24, 2.45) is 5.92 Å². The summed E-state index contributed by atoms with van der Waals surface area (Å²) in [6, 6.07) is 10.7. The van der Waals surface area contributed by atoms with E-state index in [1.165, 1.54) is 11.1 Å². The van der Waals surface area contributed by atoms with Gasteiger partial charge in [0.05, 0.1) is 12.5 Å². The molecule has 3 aromatic rings. The Morgan fingerprint density at radius 2 is 2.17 bits per heavy atom. The molecule has 1 aromatic carbocycles. The highest BCUT2D eigenvalue weighted by atomic mass is 15.3. The molecule has 4 rings (SSSR count). The van der Waals surface area contributed by atoms with Crippen LogP contribution in [0.5, 0.6) is 0 Å². The van der Waals surface area contributed by atoms with Crippen LogP contribution in [0.4, 0.5) is 5.82 Å². The normalized spacial score (nSPS) is 16.6. The number of nitrogens with one attached hydrogen (secondary N) is 2. The Morgan fingerprint density at radius 3 is 3.08 bits per heavy atom. The largest absolute Gasteiger partial charge is 0.370 e. The molecule has 2 N–H and O–H groups in total. The highest BCUT2D eigenvalue weighted by molar-refractivity contribution is 5.35. The summed E-state index contributed by atoms with van der Waals surface area (Å²) in [5, 5.41) is 11.3. The van der Waals surface area contributed by atoms with Crippen molar-refractivity contribution in [2.45, 2.75) is 19.6 Å². The van der Waals surface area contributed by atoms with Crippen LogP contribution in [0, 0.1) is 5.92 Å². The number of benzene rings is 1. The van der Waals surface area contributed by atoms with Crippen LogP contribution in [-0.4, -0.2) is 32.4 Å². The number of hydrogen-bond donors (Lipinski definition) is 2. The fraction of sp³-hybridized carbons (Fsp3) is 0.333. The summed E-state index contributed by atoms with van der Waals surface area (Å²) >= 11 is 0. The Balaban J connectivity index is 1.29. The average molecular weight is 322 g/mol. The molecule has 3 heterocycles. The van der Waals surface area contributed by atoms with E-state index in [0.717, 1.165) is 38.5 Å². The molecule has 0 radical (unpaired) electrons. The molecule has 0 aliphatic carbocycles. The highest BCUT2D eigenvalue weighted by Crippen LogP contribution is 2.15. The van der Waals surface area contributed by atoms with Crippen molar-refractivity contribution in [3.8, 4) is 0 Å². The number of aromatic nitrogens is 4. The van der Waals surface area contributed by atoms with Crippen molar-refractivity contribution < 1.29 is 0 Å². The number of hydrogen-bond acceptors (Lipinski definition) is 4. The van der Waals surface area contributed by atoms with Gasteiger partial charge in [0.1, 0.15) is 5.82 Å². The SMILES string of the molecule is c1cc(CNCC2CNc3ccnn3C2)cc(Cn2ccnc2)c1. The van der Waals surface area contributed by atoms with Gasteiger partial charge in [0.15, 0.2) is 0 Å². The van der Waals surface area contributed by atoms with Gasteiger partial charge in [0, 0.05) is 57.1 Å². The molecule has 1 aliphatic rings. The lowest BCUT2D eigenvalue weighted by Gasteiger charge is -2.25. The molecule has 0 bridgehead atoms. The molecule has 1 aliphatic heterocycles. The molecule has 0 amide bonds. The Labute approximate surface area is 141 Å². The molecule has 0 spiro atoms. The molecule has 0 saturated heterocycles. The molecule has 6 nitrogen and oxygen atoms in total. The predicted octanol–water partition coefficient (Wildman–Crippen LogP) is 1.96. The minimum atomic E-state index is 0.562. The Bertz CT molecular complexity index is 776. The molecular weight excluding hydrogens is 300 g/mol. The van der Waals surface area contributed by atoms with E-state index in [4.69, 9.17) is 0 Å². The Kier molecular flexibility index (Phi) is 4.29. The summed E-state index contributed by atoms with van der Waals surface area (Å²) in [5.74, 6) is 1.69. The molecule has 0 fully saturated rings. The van der Waals surface area contributed by atoms with Crippen molar-refractivity contribution >= 4 is 5.82 Å². The lowest BCUT2D eigenvalue weighted by molar-refractivity contribution is 0.391. The van der Waals surface area contributed by atoms with Crippen LogP contribution >= 0.6 is 0 Å². The molecular formula is C18H22N6. The van der Waals surface area contributed by atoms with Gasteiger partial charge in [-0.1, -0.05) is 24.3 Å².